The summed E-state index contributed by atoms with van der Waals surface area (Å²) in [6.07, 6.45) is 3.57. The van der Waals surface area contributed by atoms with E-state index in [2.05, 4.69) is 10.2 Å². The van der Waals surface area contributed by atoms with E-state index in [1.807, 2.05) is 12.1 Å². The van der Waals surface area contributed by atoms with Gasteiger partial charge in [-0.05, 0) is 37.1 Å². The maximum Gasteiger partial charge on any atom is 0.175 e. The molecule has 0 saturated carbocycles. The van der Waals surface area contributed by atoms with Gasteiger partial charge in [-0.3, -0.25) is 0 Å². The molecular weight excluding hydrogens is 288 g/mol. The monoisotopic (exact) mass is 312 g/mol. The molecule has 0 aliphatic carbocycles. The van der Waals surface area contributed by atoms with Crippen LogP contribution in [-0.2, 0) is 14.6 Å². The molecule has 1 unspecified atom stereocenters. The first-order valence-electron chi connectivity index (χ1n) is 7.29. The zero-order valence-electron chi connectivity index (χ0n) is 12.7. The van der Waals surface area contributed by atoms with E-state index < -0.39 is 9.84 Å². The Balaban J connectivity index is 1.99. The van der Waals surface area contributed by atoms with Gasteiger partial charge in [0.1, 0.15) is 0 Å². The van der Waals surface area contributed by atoms with Crippen LogP contribution in [0.5, 0.6) is 0 Å². The highest BCUT2D eigenvalue weighted by atomic mass is 32.2. The van der Waals surface area contributed by atoms with Crippen molar-refractivity contribution in [3.8, 4) is 0 Å². The largest absolute Gasteiger partial charge is 0.383 e. The molecule has 1 aliphatic heterocycles. The van der Waals surface area contributed by atoms with Crippen molar-refractivity contribution in [1.82, 2.24) is 5.32 Å². The van der Waals surface area contributed by atoms with E-state index in [0.717, 1.165) is 38.3 Å². The molecule has 1 aromatic rings. The second kappa shape index (κ2) is 7.24. The fourth-order valence-corrected chi connectivity index (χ4v) is 3.35. The fraction of sp³-hybridized carbons (Fsp3) is 0.600. The summed E-state index contributed by atoms with van der Waals surface area (Å²) in [5.74, 6) is 0. The molecule has 1 aromatic carbocycles. The Bertz CT molecular complexity index is 543. The second-order valence-corrected chi connectivity index (χ2v) is 7.47. The number of rotatable bonds is 7. The molecule has 2 rings (SSSR count). The number of hydrogen-bond donors (Lipinski definition) is 1. The number of methoxy groups -OCH3 is 1. The average molecular weight is 312 g/mol. The number of nitrogens with one attached hydrogen (secondary N) is 1. The van der Waals surface area contributed by atoms with Crippen LogP contribution in [0.15, 0.2) is 29.2 Å². The van der Waals surface area contributed by atoms with Crippen molar-refractivity contribution in [2.24, 2.45) is 0 Å². The number of sulfone groups is 1. The molecule has 0 radical (unpaired) electrons. The van der Waals surface area contributed by atoms with Crippen molar-refractivity contribution in [2.75, 3.05) is 44.5 Å². The minimum atomic E-state index is -3.12. The third-order valence-corrected chi connectivity index (χ3v) is 4.97. The Hall–Kier alpha value is -1.11. The predicted molar refractivity (Wildman–Crippen MR) is 84.7 cm³/mol. The van der Waals surface area contributed by atoms with Gasteiger partial charge in [0.25, 0.3) is 0 Å². The van der Waals surface area contributed by atoms with Gasteiger partial charge in [-0.15, -0.1) is 0 Å². The highest BCUT2D eigenvalue weighted by Gasteiger charge is 2.24. The van der Waals surface area contributed by atoms with Gasteiger partial charge in [-0.1, -0.05) is 0 Å². The first-order chi connectivity index (χ1) is 10.0. The van der Waals surface area contributed by atoms with E-state index in [4.69, 9.17) is 4.74 Å². The SMILES string of the molecule is COCCNCC1CCCN1c1ccc(S(C)(=O)=O)cc1. The zero-order chi connectivity index (χ0) is 15.3. The first-order valence-corrected chi connectivity index (χ1v) is 9.18. The average Bonchev–Trinajstić information content (AvgIpc) is 2.91. The Kier molecular flexibility index (Phi) is 5.61. The minimum Gasteiger partial charge on any atom is -0.383 e. The highest BCUT2D eigenvalue weighted by Crippen LogP contribution is 2.26. The fourth-order valence-electron chi connectivity index (χ4n) is 2.72. The predicted octanol–water partition coefficient (Wildman–Crippen LogP) is 1.29. The van der Waals surface area contributed by atoms with Gasteiger partial charge < -0.3 is 15.0 Å². The lowest BCUT2D eigenvalue weighted by atomic mass is 10.2. The summed E-state index contributed by atoms with van der Waals surface area (Å²) in [4.78, 5) is 2.73. The Morgan fingerprint density at radius 1 is 1.33 bits per heavy atom. The summed E-state index contributed by atoms with van der Waals surface area (Å²) in [5, 5.41) is 3.40. The Morgan fingerprint density at radius 3 is 2.67 bits per heavy atom. The molecule has 6 heteroatoms. The maximum atomic E-state index is 11.5. The Morgan fingerprint density at radius 2 is 2.05 bits per heavy atom. The van der Waals surface area contributed by atoms with E-state index in [-0.39, 0.29) is 0 Å². The van der Waals surface area contributed by atoms with Gasteiger partial charge in [0.2, 0.25) is 0 Å². The molecule has 1 atom stereocenters. The Labute approximate surface area is 127 Å². The van der Waals surface area contributed by atoms with Gasteiger partial charge >= 0.3 is 0 Å². The van der Waals surface area contributed by atoms with E-state index in [0.29, 0.717) is 10.9 Å². The third-order valence-electron chi connectivity index (χ3n) is 3.84. The summed E-state index contributed by atoms with van der Waals surface area (Å²) in [6, 6.07) is 7.66. The van der Waals surface area contributed by atoms with Gasteiger partial charge in [-0.25, -0.2) is 8.42 Å². The second-order valence-electron chi connectivity index (χ2n) is 5.45. The van der Waals surface area contributed by atoms with E-state index >= 15 is 0 Å². The lowest BCUT2D eigenvalue weighted by Gasteiger charge is -2.27. The zero-order valence-corrected chi connectivity index (χ0v) is 13.5. The molecule has 118 valence electrons. The van der Waals surface area contributed by atoms with Crippen molar-refractivity contribution in [3.05, 3.63) is 24.3 Å². The van der Waals surface area contributed by atoms with Gasteiger partial charge in [0, 0.05) is 44.7 Å². The summed E-state index contributed by atoms with van der Waals surface area (Å²) in [5.41, 5.74) is 1.10. The topological polar surface area (TPSA) is 58.6 Å². The van der Waals surface area contributed by atoms with Crippen molar-refractivity contribution in [3.63, 3.8) is 0 Å². The van der Waals surface area contributed by atoms with E-state index in [1.165, 1.54) is 12.7 Å². The number of nitrogens with zero attached hydrogens (tertiary/aromatic N) is 1. The lowest BCUT2D eigenvalue weighted by molar-refractivity contribution is 0.199. The van der Waals surface area contributed by atoms with Crippen molar-refractivity contribution < 1.29 is 13.2 Å². The molecule has 0 spiro atoms. The van der Waals surface area contributed by atoms with Crippen LogP contribution in [0.4, 0.5) is 5.69 Å². The molecule has 0 amide bonds. The lowest BCUT2D eigenvalue weighted by Crippen LogP contribution is -2.38. The number of anilines is 1. The standard InChI is InChI=1S/C15H24N2O3S/c1-20-11-9-16-12-14-4-3-10-17(14)13-5-7-15(8-6-13)21(2,18)19/h5-8,14,16H,3-4,9-12H2,1-2H3. The summed E-state index contributed by atoms with van der Waals surface area (Å²) >= 11 is 0. The minimum absolute atomic E-state index is 0.375. The number of ether oxygens (including phenoxy) is 1. The van der Waals surface area contributed by atoms with E-state index in [1.54, 1.807) is 19.2 Å². The first kappa shape index (κ1) is 16.3. The van der Waals surface area contributed by atoms with Crippen LogP contribution >= 0.6 is 0 Å². The molecule has 1 heterocycles. The molecule has 1 aliphatic rings. The molecular formula is C15H24N2O3S. The van der Waals surface area contributed by atoms with Gasteiger partial charge in [0.05, 0.1) is 11.5 Å². The van der Waals surface area contributed by atoms with Crippen LogP contribution in [0.3, 0.4) is 0 Å². The van der Waals surface area contributed by atoms with Crippen molar-refractivity contribution in [1.29, 1.82) is 0 Å². The van der Waals surface area contributed by atoms with Crippen LogP contribution in [0, 0.1) is 0 Å². The maximum absolute atomic E-state index is 11.5. The molecule has 21 heavy (non-hydrogen) atoms. The molecule has 1 fully saturated rings. The van der Waals surface area contributed by atoms with Crippen LogP contribution in [0.1, 0.15) is 12.8 Å². The summed E-state index contributed by atoms with van der Waals surface area (Å²) in [7, 11) is -1.42. The quantitative estimate of drug-likeness (QED) is 0.769. The van der Waals surface area contributed by atoms with Crippen molar-refractivity contribution >= 4 is 15.5 Å². The van der Waals surface area contributed by atoms with Crippen LogP contribution in [0.2, 0.25) is 0 Å². The van der Waals surface area contributed by atoms with Crippen LogP contribution < -0.4 is 10.2 Å². The molecule has 1 saturated heterocycles. The van der Waals surface area contributed by atoms with Crippen LogP contribution in [-0.4, -0.2) is 54.1 Å². The molecule has 1 N–H and O–H groups in total. The van der Waals surface area contributed by atoms with Gasteiger partial charge in [0.15, 0.2) is 9.84 Å². The highest BCUT2D eigenvalue weighted by molar-refractivity contribution is 7.90. The molecule has 0 aromatic heterocycles. The van der Waals surface area contributed by atoms with E-state index in [9.17, 15) is 8.42 Å². The normalized spacial score (nSPS) is 19.1. The number of benzene rings is 1. The third kappa shape index (κ3) is 4.43. The number of hydrogen-bond acceptors (Lipinski definition) is 5. The summed E-state index contributed by atoms with van der Waals surface area (Å²) < 4.78 is 28.0. The summed E-state index contributed by atoms with van der Waals surface area (Å²) in [6.45, 7) is 3.52. The smallest absolute Gasteiger partial charge is 0.175 e. The van der Waals surface area contributed by atoms with Crippen LogP contribution in [0.25, 0.3) is 0 Å². The van der Waals surface area contributed by atoms with Crippen molar-refractivity contribution in [2.45, 2.75) is 23.8 Å². The molecule has 5 nitrogen and oxygen atoms in total. The molecule has 0 bridgehead atoms. The van der Waals surface area contributed by atoms with Gasteiger partial charge in [-0.2, -0.15) is 0 Å².